The van der Waals surface area contributed by atoms with Gasteiger partial charge in [0, 0.05) is 43.7 Å². The number of aromatic nitrogens is 2. The largest absolute Gasteiger partial charge is 0.417 e. The number of nitrogens with one attached hydrogen (secondary N) is 1. The summed E-state index contributed by atoms with van der Waals surface area (Å²) in [6.07, 6.45) is -3.38. The summed E-state index contributed by atoms with van der Waals surface area (Å²) in [5.74, 6) is -3.24. The van der Waals surface area contributed by atoms with Crippen molar-refractivity contribution < 1.29 is 26.7 Å². The topological polar surface area (TPSA) is 58.1 Å². The standard InChI is InChI=1S/C22H19F5N4O/c23-21(24)8-10-31(20(32)17-7-9-28-18-4-2-1-3-16(17)18)15(11-21)13-30-19-6-5-14(12-29-19)22(25,26)27/h1-7,9,12,15H,8,10-11,13H2,(H,29,30). The van der Waals surface area contributed by atoms with Crippen molar-refractivity contribution in [2.45, 2.75) is 31.0 Å². The van der Waals surface area contributed by atoms with E-state index in [0.29, 0.717) is 22.7 Å². The average Bonchev–Trinajstić information content (AvgIpc) is 2.76. The lowest BCUT2D eigenvalue weighted by Crippen LogP contribution is -2.52. The van der Waals surface area contributed by atoms with E-state index < -0.39 is 42.5 Å². The number of carbonyl (C=O) groups excluding carboxylic acids is 1. The minimum atomic E-state index is -4.52. The van der Waals surface area contributed by atoms with Crippen molar-refractivity contribution in [3.8, 4) is 0 Å². The van der Waals surface area contributed by atoms with Crippen LogP contribution in [0.4, 0.5) is 27.8 Å². The molecule has 1 unspecified atom stereocenters. The van der Waals surface area contributed by atoms with Crippen molar-refractivity contribution in [2.24, 2.45) is 0 Å². The summed E-state index contributed by atoms with van der Waals surface area (Å²) < 4.78 is 66.4. The van der Waals surface area contributed by atoms with Crippen LogP contribution < -0.4 is 5.32 Å². The van der Waals surface area contributed by atoms with Crippen LogP contribution >= 0.6 is 0 Å². The summed E-state index contributed by atoms with van der Waals surface area (Å²) in [7, 11) is 0. The Bertz CT molecular complexity index is 1110. The SMILES string of the molecule is O=C(c1ccnc2ccccc12)N1CCC(F)(F)CC1CNc1ccc(C(F)(F)F)cn1. The first kappa shape index (κ1) is 21.9. The van der Waals surface area contributed by atoms with Gasteiger partial charge in [0.1, 0.15) is 5.82 Å². The highest BCUT2D eigenvalue weighted by Crippen LogP contribution is 2.34. The van der Waals surface area contributed by atoms with Crippen LogP contribution in [0.2, 0.25) is 0 Å². The number of carbonyl (C=O) groups is 1. The number of pyridine rings is 2. The number of benzene rings is 1. The molecule has 0 saturated carbocycles. The second-order valence-electron chi connectivity index (χ2n) is 7.65. The number of amides is 1. The summed E-state index contributed by atoms with van der Waals surface area (Å²) in [5.41, 5.74) is 0.0661. The molecule has 3 heterocycles. The number of piperidine rings is 1. The van der Waals surface area contributed by atoms with E-state index >= 15 is 0 Å². The zero-order chi connectivity index (χ0) is 22.9. The molecule has 2 aromatic heterocycles. The van der Waals surface area contributed by atoms with E-state index in [4.69, 9.17) is 0 Å². The highest BCUT2D eigenvalue weighted by molar-refractivity contribution is 6.06. The molecule has 1 saturated heterocycles. The second kappa shape index (κ2) is 8.33. The zero-order valence-corrected chi connectivity index (χ0v) is 16.7. The van der Waals surface area contributed by atoms with Crippen molar-refractivity contribution in [2.75, 3.05) is 18.4 Å². The van der Waals surface area contributed by atoms with Crippen LogP contribution in [0.25, 0.3) is 10.9 Å². The maximum atomic E-state index is 14.1. The summed E-state index contributed by atoms with van der Waals surface area (Å²) in [6, 6.07) is 9.72. The smallest absolute Gasteiger partial charge is 0.368 e. The van der Waals surface area contributed by atoms with Gasteiger partial charge in [-0.2, -0.15) is 13.2 Å². The van der Waals surface area contributed by atoms with E-state index in [1.807, 2.05) is 0 Å². The third-order valence-electron chi connectivity index (χ3n) is 5.44. The lowest BCUT2D eigenvalue weighted by Gasteiger charge is -2.39. The summed E-state index contributed by atoms with van der Waals surface area (Å²) in [6.45, 7) is -0.224. The van der Waals surface area contributed by atoms with Gasteiger partial charge in [-0.15, -0.1) is 0 Å². The van der Waals surface area contributed by atoms with Gasteiger partial charge in [-0.25, -0.2) is 13.8 Å². The van der Waals surface area contributed by atoms with Crippen molar-refractivity contribution in [3.63, 3.8) is 0 Å². The highest BCUT2D eigenvalue weighted by atomic mass is 19.4. The van der Waals surface area contributed by atoms with E-state index in [2.05, 4.69) is 15.3 Å². The number of halogens is 5. The normalized spacial score (nSPS) is 18.5. The molecule has 4 rings (SSSR count). The lowest BCUT2D eigenvalue weighted by molar-refractivity contribution is -0.137. The number of fused-ring (bicyclic) bond motifs is 1. The van der Waals surface area contributed by atoms with E-state index in [1.54, 1.807) is 30.3 Å². The molecule has 32 heavy (non-hydrogen) atoms. The molecule has 1 N–H and O–H groups in total. The van der Waals surface area contributed by atoms with Crippen LogP contribution in [0.5, 0.6) is 0 Å². The van der Waals surface area contributed by atoms with Gasteiger partial charge in [0.05, 0.1) is 22.7 Å². The van der Waals surface area contributed by atoms with E-state index in [1.165, 1.54) is 11.1 Å². The number of alkyl halides is 5. The van der Waals surface area contributed by atoms with Crippen LogP contribution in [0.1, 0.15) is 28.8 Å². The van der Waals surface area contributed by atoms with E-state index in [-0.39, 0.29) is 18.9 Å². The Morgan fingerprint density at radius 2 is 1.91 bits per heavy atom. The number of hydrogen-bond acceptors (Lipinski definition) is 4. The summed E-state index contributed by atoms with van der Waals surface area (Å²) in [4.78, 5) is 22.6. The first-order valence-corrected chi connectivity index (χ1v) is 9.94. The maximum absolute atomic E-state index is 14.1. The fourth-order valence-corrected chi connectivity index (χ4v) is 3.80. The van der Waals surface area contributed by atoms with Gasteiger partial charge < -0.3 is 10.2 Å². The molecule has 1 aliphatic heterocycles. The molecule has 0 aliphatic carbocycles. The summed E-state index contributed by atoms with van der Waals surface area (Å²) in [5, 5.41) is 3.41. The zero-order valence-electron chi connectivity index (χ0n) is 16.7. The van der Waals surface area contributed by atoms with Crippen molar-refractivity contribution in [3.05, 3.63) is 66.0 Å². The number of rotatable bonds is 4. The first-order valence-electron chi connectivity index (χ1n) is 9.94. The molecule has 1 amide bonds. The van der Waals surface area contributed by atoms with Crippen LogP contribution in [0, 0.1) is 0 Å². The molecule has 0 bridgehead atoms. The number of hydrogen-bond donors (Lipinski definition) is 1. The minimum Gasteiger partial charge on any atom is -0.368 e. The molecule has 0 spiro atoms. The van der Waals surface area contributed by atoms with E-state index in [9.17, 15) is 26.7 Å². The molecule has 1 fully saturated rings. The molecule has 10 heteroatoms. The third-order valence-corrected chi connectivity index (χ3v) is 5.44. The van der Waals surface area contributed by atoms with Gasteiger partial charge in [0.15, 0.2) is 0 Å². The second-order valence-corrected chi connectivity index (χ2v) is 7.65. The average molecular weight is 450 g/mol. The van der Waals surface area contributed by atoms with Gasteiger partial charge in [0.25, 0.3) is 11.8 Å². The van der Waals surface area contributed by atoms with Crippen molar-refractivity contribution in [1.82, 2.24) is 14.9 Å². The number of anilines is 1. The highest BCUT2D eigenvalue weighted by Gasteiger charge is 2.42. The maximum Gasteiger partial charge on any atom is 0.417 e. The molecule has 5 nitrogen and oxygen atoms in total. The quantitative estimate of drug-likeness (QED) is 0.569. The Labute approximate surface area is 180 Å². The van der Waals surface area contributed by atoms with Crippen LogP contribution in [-0.2, 0) is 6.18 Å². The van der Waals surface area contributed by atoms with Gasteiger partial charge in [-0.3, -0.25) is 9.78 Å². The fraction of sp³-hybridized carbons (Fsp3) is 0.318. The Morgan fingerprint density at radius 1 is 1.12 bits per heavy atom. The van der Waals surface area contributed by atoms with Gasteiger partial charge in [0.2, 0.25) is 0 Å². The predicted molar refractivity (Wildman–Crippen MR) is 108 cm³/mol. The van der Waals surface area contributed by atoms with Crippen LogP contribution in [-0.4, -0.2) is 45.8 Å². The third kappa shape index (κ3) is 4.63. The Balaban J connectivity index is 1.55. The first-order chi connectivity index (χ1) is 15.1. The molecule has 1 aromatic carbocycles. The molecule has 1 atom stereocenters. The summed E-state index contributed by atoms with van der Waals surface area (Å²) >= 11 is 0. The lowest BCUT2D eigenvalue weighted by atomic mass is 9.96. The monoisotopic (exact) mass is 450 g/mol. The van der Waals surface area contributed by atoms with Crippen molar-refractivity contribution >= 4 is 22.6 Å². The van der Waals surface area contributed by atoms with Crippen molar-refractivity contribution in [1.29, 1.82) is 0 Å². The Morgan fingerprint density at radius 3 is 2.62 bits per heavy atom. The molecule has 1 aliphatic rings. The van der Waals surface area contributed by atoms with Gasteiger partial charge >= 0.3 is 6.18 Å². The number of nitrogens with zero attached hydrogens (tertiary/aromatic N) is 3. The van der Waals surface area contributed by atoms with Gasteiger partial charge in [-0.05, 0) is 24.3 Å². The Kier molecular flexibility index (Phi) is 5.70. The Hall–Kier alpha value is -3.30. The number of likely N-dealkylation sites (tertiary alicyclic amines) is 1. The molecule has 168 valence electrons. The van der Waals surface area contributed by atoms with Gasteiger partial charge in [-0.1, -0.05) is 18.2 Å². The fourth-order valence-electron chi connectivity index (χ4n) is 3.80. The van der Waals surface area contributed by atoms with E-state index in [0.717, 1.165) is 12.1 Å². The van der Waals surface area contributed by atoms with Crippen LogP contribution in [0.3, 0.4) is 0 Å². The molecule has 0 radical (unpaired) electrons. The predicted octanol–water partition coefficient (Wildman–Crippen LogP) is 5.00. The van der Waals surface area contributed by atoms with Crippen LogP contribution in [0.15, 0.2) is 54.9 Å². The molecule has 3 aromatic rings. The number of para-hydroxylation sites is 1. The molecular weight excluding hydrogens is 431 g/mol. The molecular formula is C22H19F5N4O. The minimum absolute atomic E-state index is 0.0806.